The number of ether oxygens (including phenoxy) is 1. The van der Waals surface area contributed by atoms with Gasteiger partial charge < -0.3 is 10.1 Å². The molecule has 118 valence electrons. The van der Waals surface area contributed by atoms with Crippen LogP contribution in [0.4, 0.5) is 5.82 Å². The fourth-order valence-electron chi connectivity index (χ4n) is 2.35. The van der Waals surface area contributed by atoms with E-state index in [9.17, 15) is 0 Å². The van der Waals surface area contributed by atoms with Crippen LogP contribution in [0.15, 0.2) is 60.9 Å². The molecule has 1 N–H and O–H groups in total. The van der Waals surface area contributed by atoms with Crippen molar-refractivity contribution in [3.05, 3.63) is 72.2 Å². The van der Waals surface area contributed by atoms with Crippen LogP contribution >= 0.6 is 0 Å². The van der Waals surface area contributed by atoms with E-state index in [1.165, 1.54) is 0 Å². The monoisotopic (exact) mass is 308 g/mol. The maximum atomic E-state index is 6.08. The summed E-state index contributed by atoms with van der Waals surface area (Å²) in [5, 5.41) is 7.48. The zero-order valence-electron chi connectivity index (χ0n) is 13.3. The number of anilines is 1. The molecule has 0 spiro atoms. The topological polar surface area (TPSA) is 52.0 Å². The Hall–Kier alpha value is -2.82. The quantitative estimate of drug-likeness (QED) is 0.756. The Kier molecular flexibility index (Phi) is 4.57. The van der Waals surface area contributed by atoms with E-state index in [1.807, 2.05) is 55.1 Å². The van der Waals surface area contributed by atoms with Crippen LogP contribution in [0.1, 0.15) is 24.3 Å². The molecule has 0 aliphatic rings. The molecule has 0 aliphatic carbocycles. The van der Waals surface area contributed by atoms with Crippen LogP contribution in [-0.2, 0) is 13.6 Å². The van der Waals surface area contributed by atoms with Crippen LogP contribution in [0.2, 0.25) is 0 Å². The van der Waals surface area contributed by atoms with Gasteiger partial charge in [-0.15, -0.1) is 0 Å². The highest BCUT2D eigenvalue weighted by Gasteiger charge is 2.11. The van der Waals surface area contributed by atoms with Crippen molar-refractivity contribution in [1.82, 2.24) is 14.8 Å². The van der Waals surface area contributed by atoms with Crippen LogP contribution in [0.3, 0.4) is 0 Å². The lowest BCUT2D eigenvalue weighted by Gasteiger charge is -2.17. The fourth-order valence-corrected chi connectivity index (χ4v) is 2.35. The molecule has 5 nitrogen and oxygen atoms in total. The summed E-state index contributed by atoms with van der Waals surface area (Å²) >= 11 is 0. The van der Waals surface area contributed by atoms with Crippen molar-refractivity contribution in [1.29, 1.82) is 0 Å². The van der Waals surface area contributed by atoms with Gasteiger partial charge >= 0.3 is 0 Å². The van der Waals surface area contributed by atoms with E-state index in [-0.39, 0.29) is 6.10 Å². The molecule has 2 aromatic heterocycles. The molecule has 3 rings (SSSR count). The first kappa shape index (κ1) is 15.1. The number of aromatic nitrogens is 3. The third-order valence-electron chi connectivity index (χ3n) is 3.70. The summed E-state index contributed by atoms with van der Waals surface area (Å²) < 4.78 is 7.92. The van der Waals surface area contributed by atoms with E-state index >= 15 is 0 Å². The smallest absolute Gasteiger partial charge is 0.169 e. The Bertz CT molecular complexity index is 754. The molecule has 0 fully saturated rings. The first-order valence-corrected chi connectivity index (χ1v) is 7.61. The predicted molar refractivity (Wildman–Crippen MR) is 90.3 cm³/mol. The predicted octanol–water partition coefficient (Wildman–Crippen LogP) is 3.57. The Morgan fingerprint density at radius 1 is 1.09 bits per heavy atom. The molecular formula is C18H20N4O. The second-order valence-electron chi connectivity index (χ2n) is 5.32. The maximum Gasteiger partial charge on any atom is 0.169 e. The Morgan fingerprint density at radius 2 is 1.91 bits per heavy atom. The summed E-state index contributed by atoms with van der Waals surface area (Å²) in [4.78, 5) is 4.39. The molecule has 5 heteroatoms. The molecule has 0 amide bonds. The van der Waals surface area contributed by atoms with Crippen molar-refractivity contribution in [3.63, 3.8) is 0 Å². The summed E-state index contributed by atoms with van der Waals surface area (Å²) in [7, 11) is 1.92. The van der Waals surface area contributed by atoms with Gasteiger partial charge in [0.15, 0.2) is 11.6 Å². The molecule has 0 aliphatic heterocycles. The summed E-state index contributed by atoms with van der Waals surface area (Å²) in [6.45, 7) is 2.68. The van der Waals surface area contributed by atoms with E-state index in [4.69, 9.17) is 4.74 Å². The molecule has 0 radical (unpaired) electrons. The number of aryl methyl sites for hydroxylation is 1. The lowest BCUT2D eigenvalue weighted by atomic mass is 10.1. The van der Waals surface area contributed by atoms with Gasteiger partial charge in [0, 0.05) is 19.4 Å². The van der Waals surface area contributed by atoms with Crippen LogP contribution < -0.4 is 10.1 Å². The van der Waals surface area contributed by atoms with Crippen molar-refractivity contribution < 1.29 is 4.74 Å². The SMILES string of the molecule is C[C@H](Oc1cccnc1NCc1ccnn1C)c1ccccc1. The third kappa shape index (κ3) is 3.69. The summed E-state index contributed by atoms with van der Waals surface area (Å²) in [6, 6.07) is 15.9. The van der Waals surface area contributed by atoms with Crippen LogP contribution in [0.5, 0.6) is 5.75 Å². The number of pyridine rings is 1. The third-order valence-corrected chi connectivity index (χ3v) is 3.70. The van der Waals surface area contributed by atoms with E-state index in [0.717, 1.165) is 22.8 Å². The highest BCUT2D eigenvalue weighted by atomic mass is 16.5. The Labute approximate surface area is 135 Å². The number of nitrogens with zero attached hydrogens (tertiary/aromatic N) is 3. The largest absolute Gasteiger partial charge is 0.482 e. The van der Waals surface area contributed by atoms with Gasteiger partial charge in [-0.3, -0.25) is 4.68 Å². The molecule has 3 aromatic rings. The van der Waals surface area contributed by atoms with E-state index in [2.05, 4.69) is 27.5 Å². The minimum Gasteiger partial charge on any atom is -0.482 e. The fraction of sp³-hybridized carbons (Fsp3) is 0.222. The number of hydrogen-bond acceptors (Lipinski definition) is 4. The minimum absolute atomic E-state index is 0.0438. The van der Waals surface area contributed by atoms with Crippen LogP contribution in [-0.4, -0.2) is 14.8 Å². The standard InChI is InChI=1S/C18H20N4O/c1-14(15-7-4-3-5-8-15)23-17-9-6-11-19-18(17)20-13-16-10-12-21-22(16)2/h3-12,14H,13H2,1-2H3,(H,19,20)/t14-/m0/s1. The Balaban J connectivity index is 1.72. The zero-order valence-corrected chi connectivity index (χ0v) is 13.3. The second-order valence-corrected chi connectivity index (χ2v) is 5.32. The molecule has 2 heterocycles. The normalized spacial score (nSPS) is 11.9. The highest BCUT2D eigenvalue weighted by Crippen LogP contribution is 2.27. The second kappa shape index (κ2) is 6.96. The van der Waals surface area contributed by atoms with Crippen molar-refractivity contribution in [2.75, 3.05) is 5.32 Å². The van der Waals surface area contributed by atoms with Gasteiger partial charge in [-0.25, -0.2) is 4.98 Å². The summed E-state index contributed by atoms with van der Waals surface area (Å²) in [5.41, 5.74) is 2.21. The van der Waals surface area contributed by atoms with Crippen molar-refractivity contribution >= 4 is 5.82 Å². The van der Waals surface area contributed by atoms with Gasteiger partial charge in [0.25, 0.3) is 0 Å². The van der Waals surface area contributed by atoms with E-state index in [0.29, 0.717) is 6.54 Å². The van der Waals surface area contributed by atoms with Gasteiger partial charge in [0.1, 0.15) is 6.10 Å². The van der Waals surface area contributed by atoms with Gasteiger partial charge in [0.05, 0.1) is 12.2 Å². The molecule has 1 atom stereocenters. The highest BCUT2D eigenvalue weighted by molar-refractivity contribution is 5.49. The molecular weight excluding hydrogens is 288 g/mol. The van der Waals surface area contributed by atoms with Crippen LogP contribution in [0.25, 0.3) is 0 Å². The minimum atomic E-state index is -0.0438. The van der Waals surface area contributed by atoms with Gasteiger partial charge in [-0.1, -0.05) is 30.3 Å². The lowest BCUT2D eigenvalue weighted by Crippen LogP contribution is -2.09. The number of rotatable bonds is 6. The molecule has 1 aromatic carbocycles. The van der Waals surface area contributed by atoms with E-state index < -0.39 is 0 Å². The summed E-state index contributed by atoms with van der Waals surface area (Å²) in [6.07, 6.45) is 3.49. The maximum absolute atomic E-state index is 6.08. The Morgan fingerprint density at radius 3 is 2.65 bits per heavy atom. The zero-order chi connectivity index (χ0) is 16.1. The average Bonchev–Trinajstić information content (AvgIpc) is 3.00. The van der Waals surface area contributed by atoms with Crippen LogP contribution in [0, 0.1) is 0 Å². The van der Waals surface area contributed by atoms with Gasteiger partial charge in [0.2, 0.25) is 0 Å². The van der Waals surface area contributed by atoms with Crippen molar-refractivity contribution in [2.45, 2.75) is 19.6 Å². The molecule has 0 unspecified atom stereocenters. The molecule has 0 bridgehead atoms. The summed E-state index contributed by atoms with van der Waals surface area (Å²) in [5.74, 6) is 1.47. The number of benzene rings is 1. The number of hydrogen-bond donors (Lipinski definition) is 1. The molecule has 0 saturated carbocycles. The average molecular weight is 308 g/mol. The number of nitrogens with one attached hydrogen (secondary N) is 1. The van der Waals surface area contributed by atoms with Crippen molar-refractivity contribution in [2.24, 2.45) is 7.05 Å². The lowest BCUT2D eigenvalue weighted by molar-refractivity contribution is 0.227. The van der Waals surface area contributed by atoms with Crippen molar-refractivity contribution in [3.8, 4) is 5.75 Å². The first-order chi connectivity index (χ1) is 11.2. The first-order valence-electron chi connectivity index (χ1n) is 7.61. The molecule has 23 heavy (non-hydrogen) atoms. The van der Waals surface area contributed by atoms with Gasteiger partial charge in [-0.2, -0.15) is 5.10 Å². The van der Waals surface area contributed by atoms with Gasteiger partial charge in [-0.05, 0) is 30.7 Å². The van der Waals surface area contributed by atoms with E-state index in [1.54, 1.807) is 12.4 Å². The molecule has 0 saturated heterocycles.